The van der Waals surface area contributed by atoms with Gasteiger partial charge in [0.2, 0.25) is 0 Å². The van der Waals surface area contributed by atoms with E-state index in [9.17, 15) is 9.59 Å². The van der Waals surface area contributed by atoms with Crippen LogP contribution in [0.25, 0.3) is 0 Å². The molecule has 0 spiro atoms. The van der Waals surface area contributed by atoms with Gasteiger partial charge in [-0.15, -0.1) is 0 Å². The van der Waals surface area contributed by atoms with Crippen molar-refractivity contribution in [2.75, 3.05) is 6.61 Å². The maximum absolute atomic E-state index is 10.3. The first-order valence-corrected chi connectivity index (χ1v) is 9.35. The van der Waals surface area contributed by atoms with Crippen molar-refractivity contribution >= 4 is 12.1 Å². The molecule has 0 aliphatic rings. The average molecular weight is 342 g/mol. The maximum Gasteiger partial charge on any atom is 0.505 e. The molecule has 0 bridgehead atoms. The number of rotatable bonds is 17. The minimum Gasteiger partial charge on any atom is -0.481 e. The predicted octanol–water partition coefficient (Wildman–Crippen LogP) is 5.78. The van der Waals surface area contributed by atoms with Crippen LogP contribution in [0.3, 0.4) is 0 Å². The summed E-state index contributed by atoms with van der Waals surface area (Å²) in [5.41, 5.74) is 0. The summed E-state index contributed by atoms with van der Waals surface area (Å²) >= 11 is 0. The highest BCUT2D eigenvalue weighted by molar-refractivity contribution is 5.66. The Kier molecular flexibility index (Phi) is 16.7. The van der Waals surface area contributed by atoms with Crippen molar-refractivity contribution in [3.05, 3.63) is 12.2 Å². The van der Waals surface area contributed by atoms with Crippen LogP contribution in [-0.4, -0.2) is 28.9 Å². The number of hydrogen-bond donors (Lipinski definition) is 2. The summed E-state index contributed by atoms with van der Waals surface area (Å²) in [6.07, 6.45) is 17.9. The molecule has 140 valence electrons. The number of ether oxygens (including phenoxy) is 1. The van der Waals surface area contributed by atoms with Gasteiger partial charge in [0.25, 0.3) is 0 Å². The molecular formula is C19H34O5. The molecule has 2 N–H and O–H groups in total. The number of allylic oxidation sites excluding steroid dienone is 2. The summed E-state index contributed by atoms with van der Waals surface area (Å²) < 4.78 is 4.45. The summed E-state index contributed by atoms with van der Waals surface area (Å²) in [5, 5.41) is 16.8. The Balaban J connectivity index is 3.11. The molecule has 0 aromatic rings. The van der Waals surface area contributed by atoms with Crippen molar-refractivity contribution in [3.8, 4) is 0 Å². The highest BCUT2D eigenvalue weighted by Crippen LogP contribution is 2.10. The Labute approximate surface area is 146 Å². The zero-order valence-corrected chi connectivity index (χ0v) is 14.9. The standard InChI is InChI=1S/C19H34O5/c20-18(21)16-14-12-10-8-6-4-2-1-3-5-7-9-11-13-15-17-24-19(22)23/h1-2H,3-17H2,(H,20,21)(H,22,23)/b2-1-. The van der Waals surface area contributed by atoms with E-state index < -0.39 is 12.1 Å². The minimum absolute atomic E-state index is 0.302. The summed E-state index contributed by atoms with van der Waals surface area (Å²) in [6.45, 7) is 0.317. The van der Waals surface area contributed by atoms with Gasteiger partial charge >= 0.3 is 12.1 Å². The molecule has 0 atom stereocenters. The van der Waals surface area contributed by atoms with E-state index in [0.717, 1.165) is 51.4 Å². The molecule has 0 fully saturated rings. The molecule has 0 aromatic carbocycles. The number of hydrogen-bond acceptors (Lipinski definition) is 3. The molecule has 0 rings (SSSR count). The third-order valence-electron chi connectivity index (χ3n) is 3.92. The van der Waals surface area contributed by atoms with Gasteiger partial charge in [-0.3, -0.25) is 4.79 Å². The third-order valence-corrected chi connectivity index (χ3v) is 3.92. The van der Waals surface area contributed by atoms with E-state index in [1.54, 1.807) is 0 Å². The first-order chi connectivity index (χ1) is 11.6. The second-order valence-electron chi connectivity index (χ2n) is 6.20. The fourth-order valence-electron chi connectivity index (χ4n) is 2.54. The van der Waals surface area contributed by atoms with Crippen LogP contribution in [0.2, 0.25) is 0 Å². The number of carboxylic acids is 1. The van der Waals surface area contributed by atoms with Gasteiger partial charge in [-0.1, -0.05) is 57.1 Å². The molecule has 0 aromatic heterocycles. The van der Waals surface area contributed by atoms with E-state index in [0.29, 0.717) is 13.0 Å². The van der Waals surface area contributed by atoms with E-state index in [1.807, 2.05) is 0 Å². The van der Waals surface area contributed by atoms with Crippen LogP contribution >= 0.6 is 0 Å². The van der Waals surface area contributed by atoms with Gasteiger partial charge in [-0.2, -0.15) is 0 Å². The van der Waals surface area contributed by atoms with Gasteiger partial charge in [0.15, 0.2) is 0 Å². The van der Waals surface area contributed by atoms with E-state index in [-0.39, 0.29) is 0 Å². The zero-order chi connectivity index (χ0) is 17.9. The van der Waals surface area contributed by atoms with Crippen molar-refractivity contribution in [3.63, 3.8) is 0 Å². The molecule has 24 heavy (non-hydrogen) atoms. The van der Waals surface area contributed by atoms with Crippen molar-refractivity contribution < 1.29 is 24.5 Å². The van der Waals surface area contributed by atoms with Crippen LogP contribution in [0.4, 0.5) is 4.79 Å². The van der Waals surface area contributed by atoms with Crippen LogP contribution in [0.15, 0.2) is 12.2 Å². The van der Waals surface area contributed by atoms with E-state index in [4.69, 9.17) is 10.2 Å². The first-order valence-electron chi connectivity index (χ1n) is 9.35. The highest BCUT2D eigenvalue weighted by atomic mass is 16.7. The smallest absolute Gasteiger partial charge is 0.481 e. The SMILES string of the molecule is O=C(O)CCCCCCC/C=C\CCCCCCCCOC(=O)O. The van der Waals surface area contributed by atoms with Crippen LogP contribution < -0.4 is 0 Å². The topological polar surface area (TPSA) is 83.8 Å². The molecule has 5 nitrogen and oxygen atoms in total. The van der Waals surface area contributed by atoms with Crippen LogP contribution in [-0.2, 0) is 9.53 Å². The zero-order valence-electron chi connectivity index (χ0n) is 14.9. The summed E-state index contributed by atoms with van der Waals surface area (Å²) in [6, 6.07) is 0. The lowest BCUT2D eigenvalue weighted by Crippen LogP contribution is -2.01. The maximum atomic E-state index is 10.3. The lowest BCUT2D eigenvalue weighted by Gasteiger charge is -2.01. The molecule has 0 radical (unpaired) electrons. The molecule has 0 unspecified atom stereocenters. The fraction of sp³-hybridized carbons (Fsp3) is 0.789. The predicted molar refractivity (Wildman–Crippen MR) is 95.4 cm³/mol. The molecular weight excluding hydrogens is 308 g/mol. The quantitative estimate of drug-likeness (QED) is 0.199. The van der Waals surface area contributed by atoms with Crippen molar-refractivity contribution in [1.82, 2.24) is 0 Å². The monoisotopic (exact) mass is 342 g/mol. The largest absolute Gasteiger partial charge is 0.505 e. The third kappa shape index (κ3) is 20.5. The Hall–Kier alpha value is -1.52. The van der Waals surface area contributed by atoms with Gasteiger partial charge in [-0.05, 0) is 38.5 Å². The molecule has 0 saturated carbocycles. The summed E-state index contributed by atoms with van der Waals surface area (Å²) in [7, 11) is 0. The van der Waals surface area contributed by atoms with Gasteiger partial charge < -0.3 is 14.9 Å². The Morgan fingerprint density at radius 3 is 1.62 bits per heavy atom. The first kappa shape index (κ1) is 22.5. The molecule has 0 saturated heterocycles. The Morgan fingerprint density at radius 1 is 0.667 bits per heavy atom. The van der Waals surface area contributed by atoms with Crippen molar-refractivity contribution in [1.29, 1.82) is 0 Å². The molecule has 5 heteroatoms. The lowest BCUT2D eigenvalue weighted by atomic mass is 10.1. The summed E-state index contributed by atoms with van der Waals surface area (Å²) in [4.78, 5) is 20.5. The van der Waals surface area contributed by atoms with Crippen LogP contribution in [0.5, 0.6) is 0 Å². The molecule has 0 heterocycles. The number of aliphatic carboxylic acids is 1. The number of carboxylic acid groups (broad SMARTS) is 2. The van der Waals surface area contributed by atoms with Crippen molar-refractivity contribution in [2.45, 2.75) is 89.9 Å². The lowest BCUT2D eigenvalue weighted by molar-refractivity contribution is -0.137. The molecule has 0 amide bonds. The van der Waals surface area contributed by atoms with E-state index >= 15 is 0 Å². The van der Waals surface area contributed by atoms with E-state index in [2.05, 4.69) is 16.9 Å². The highest BCUT2D eigenvalue weighted by Gasteiger charge is 1.96. The minimum atomic E-state index is -1.18. The van der Waals surface area contributed by atoms with E-state index in [1.165, 1.54) is 32.1 Å². The number of carbonyl (C=O) groups is 2. The van der Waals surface area contributed by atoms with Crippen LogP contribution in [0.1, 0.15) is 89.9 Å². The Bertz CT molecular complexity index is 339. The molecule has 0 aliphatic heterocycles. The summed E-state index contributed by atoms with van der Waals surface area (Å²) in [5.74, 6) is -0.690. The van der Waals surface area contributed by atoms with Gasteiger partial charge in [0.1, 0.15) is 0 Å². The number of unbranched alkanes of at least 4 members (excludes halogenated alkanes) is 11. The van der Waals surface area contributed by atoms with Crippen molar-refractivity contribution in [2.24, 2.45) is 0 Å². The fourth-order valence-corrected chi connectivity index (χ4v) is 2.54. The normalized spacial score (nSPS) is 11.0. The second-order valence-corrected chi connectivity index (χ2v) is 6.20. The molecule has 0 aliphatic carbocycles. The average Bonchev–Trinajstić information content (AvgIpc) is 2.53. The van der Waals surface area contributed by atoms with Crippen LogP contribution in [0, 0.1) is 0 Å². The Morgan fingerprint density at radius 2 is 1.12 bits per heavy atom. The van der Waals surface area contributed by atoms with Gasteiger partial charge in [0, 0.05) is 6.42 Å². The van der Waals surface area contributed by atoms with Gasteiger partial charge in [0.05, 0.1) is 6.61 Å². The second kappa shape index (κ2) is 17.8. The van der Waals surface area contributed by atoms with Gasteiger partial charge in [-0.25, -0.2) is 4.79 Å².